The molecule has 0 aliphatic carbocycles. The minimum Gasteiger partial charge on any atom is -0.340 e. The SMILES string of the molecule is O=C([C@@H]1CN(Cc2ccsc2)Cc2ccnn21)N1CCC(F)(F)CC1. The van der Waals surface area contributed by atoms with Gasteiger partial charge < -0.3 is 4.90 Å². The molecule has 1 saturated heterocycles. The van der Waals surface area contributed by atoms with Gasteiger partial charge in [-0.15, -0.1) is 0 Å². The molecule has 2 aromatic heterocycles. The third kappa shape index (κ3) is 3.46. The molecule has 5 nitrogen and oxygen atoms in total. The highest BCUT2D eigenvalue weighted by molar-refractivity contribution is 7.07. The number of piperidine rings is 1. The Morgan fingerprint density at radius 3 is 2.84 bits per heavy atom. The van der Waals surface area contributed by atoms with Crippen LogP contribution in [0.1, 0.15) is 30.1 Å². The molecular weight excluding hydrogens is 346 g/mol. The van der Waals surface area contributed by atoms with E-state index in [2.05, 4.69) is 21.4 Å². The van der Waals surface area contributed by atoms with E-state index in [1.807, 2.05) is 11.4 Å². The number of likely N-dealkylation sites (tertiary alicyclic amines) is 1. The lowest BCUT2D eigenvalue weighted by Gasteiger charge is -2.38. The largest absolute Gasteiger partial charge is 0.340 e. The number of amides is 1. The number of carbonyl (C=O) groups is 1. The molecule has 134 valence electrons. The summed E-state index contributed by atoms with van der Waals surface area (Å²) in [4.78, 5) is 16.8. The third-order valence-corrected chi connectivity index (χ3v) is 5.67. The van der Waals surface area contributed by atoms with Gasteiger partial charge in [-0.3, -0.25) is 14.4 Å². The average molecular weight is 366 g/mol. The number of thiophene rings is 1. The van der Waals surface area contributed by atoms with Gasteiger partial charge in [-0.1, -0.05) is 0 Å². The van der Waals surface area contributed by atoms with Crippen molar-refractivity contribution < 1.29 is 13.6 Å². The van der Waals surface area contributed by atoms with Gasteiger partial charge in [0.05, 0.1) is 5.69 Å². The maximum Gasteiger partial charge on any atom is 0.251 e. The molecule has 0 bridgehead atoms. The second kappa shape index (κ2) is 6.49. The molecule has 0 spiro atoms. The van der Waals surface area contributed by atoms with E-state index in [1.54, 1.807) is 27.1 Å². The van der Waals surface area contributed by atoms with Crippen LogP contribution < -0.4 is 0 Å². The first-order valence-electron chi connectivity index (χ1n) is 8.44. The van der Waals surface area contributed by atoms with Crippen molar-refractivity contribution in [1.29, 1.82) is 0 Å². The molecule has 0 unspecified atom stereocenters. The van der Waals surface area contributed by atoms with Gasteiger partial charge in [-0.05, 0) is 28.5 Å². The van der Waals surface area contributed by atoms with Crippen molar-refractivity contribution in [2.75, 3.05) is 19.6 Å². The zero-order valence-corrected chi connectivity index (χ0v) is 14.6. The number of hydrogen-bond acceptors (Lipinski definition) is 4. The normalized spacial score (nSPS) is 23.4. The quantitative estimate of drug-likeness (QED) is 0.839. The topological polar surface area (TPSA) is 41.4 Å². The number of halogens is 2. The van der Waals surface area contributed by atoms with Gasteiger partial charge in [0.1, 0.15) is 6.04 Å². The maximum absolute atomic E-state index is 13.4. The molecule has 2 aliphatic heterocycles. The first-order chi connectivity index (χ1) is 12.0. The van der Waals surface area contributed by atoms with Gasteiger partial charge in [0.25, 0.3) is 5.92 Å². The Kier molecular flexibility index (Phi) is 4.33. The van der Waals surface area contributed by atoms with Crippen LogP contribution in [0.2, 0.25) is 0 Å². The Morgan fingerprint density at radius 2 is 2.12 bits per heavy atom. The Balaban J connectivity index is 1.51. The zero-order chi connectivity index (χ0) is 17.4. The van der Waals surface area contributed by atoms with E-state index in [1.165, 1.54) is 5.56 Å². The highest BCUT2D eigenvalue weighted by Gasteiger charge is 2.39. The summed E-state index contributed by atoms with van der Waals surface area (Å²) in [6, 6.07) is 3.56. The number of alkyl halides is 2. The number of hydrogen-bond donors (Lipinski definition) is 0. The van der Waals surface area contributed by atoms with Crippen molar-refractivity contribution >= 4 is 17.2 Å². The van der Waals surface area contributed by atoms with Crippen molar-refractivity contribution in [2.45, 2.75) is 37.9 Å². The Labute approximate surface area is 148 Å². The third-order valence-electron chi connectivity index (χ3n) is 4.94. The Bertz CT molecular complexity index is 736. The van der Waals surface area contributed by atoms with Crippen LogP contribution in [-0.4, -0.2) is 51.0 Å². The second-order valence-electron chi connectivity index (χ2n) is 6.77. The summed E-state index contributed by atoms with van der Waals surface area (Å²) >= 11 is 1.65. The van der Waals surface area contributed by atoms with Crippen LogP contribution in [0.5, 0.6) is 0 Å². The van der Waals surface area contributed by atoms with Gasteiger partial charge >= 0.3 is 0 Å². The minimum atomic E-state index is -2.65. The van der Waals surface area contributed by atoms with E-state index < -0.39 is 12.0 Å². The molecular formula is C17H20F2N4OS. The maximum atomic E-state index is 13.4. The van der Waals surface area contributed by atoms with E-state index in [-0.39, 0.29) is 31.8 Å². The smallest absolute Gasteiger partial charge is 0.251 e. The second-order valence-corrected chi connectivity index (χ2v) is 7.55. The first-order valence-corrected chi connectivity index (χ1v) is 9.38. The summed E-state index contributed by atoms with van der Waals surface area (Å²) in [6.45, 7) is 2.29. The highest BCUT2D eigenvalue weighted by Crippen LogP contribution is 2.30. The minimum absolute atomic E-state index is 0.101. The molecule has 0 radical (unpaired) electrons. The van der Waals surface area contributed by atoms with Gasteiger partial charge in [0.2, 0.25) is 5.91 Å². The molecule has 2 aliphatic rings. The summed E-state index contributed by atoms with van der Waals surface area (Å²) < 4.78 is 28.5. The number of nitrogens with zero attached hydrogens (tertiary/aromatic N) is 4. The van der Waals surface area contributed by atoms with Gasteiger partial charge in [0.15, 0.2) is 0 Å². The lowest BCUT2D eigenvalue weighted by molar-refractivity contribution is -0.142. The highest BCUT2D eigenvalue weighted by atomic mass is 32.1. The number of fused-ring (bicyclic) bond motifs is 1. The van der Waals surface area contributed by atoms with Crippen LogP contribution in [0.3, 0.4) is 0 Å². The van der Waals surface area contributed by atoms with Crippen LogP contribution in [-0.2, 0) is 17.9 Å². The van der Waals surface area contributed by atoms with Crippen molar-refractivity contribution in [3.05, 3.63) is 40.3 Å². The Morgan fingerprint density at radius 1 is 1.32 bits per heavy atom. The summed E-state index contributed by atoms with van der Waals surface area (Å²) in [5.41, 5.74) is 2.21. The van der Waals surface area contributed by atoms with E-state index in [0.29, 0.717) is 6.54 Å². The van der Waals surface area contributed by atoms with Crippen LogP contribution in [0.25, 0.3) is 0 Å². The van der Waals surface area contributed by atoms with E-state index in [0.717, 1.165) is 18.8 Å². The van der Waals surface area contributed by atoms with E-state index >= 15 is 0 Å². The fourth-order valence-corrected chi connectivity index (χ4v) is 4.23. The lowest BCUT2D eigenvalue weighted by atomic mass is 10.0. The number of aromatic nitrogens is 2. The first kappa shape index (κ1) is 16.7. The van der Waals surface area contributed by atoms with Crippen LogP contribution in [0, 0.1) is 0 Å². The zero-order valence-electron chi connectivity index (χ0n) is 13.8. The summed E-state index contributed by atoms with van der Waals surface area (Å²) in [5.74, 6) is -2.75. The molecule has 0 aromatic carbocycles. The van der Waals surface area contributed by atoms with E-state index in [4.69, 9.17) is 0 Å². The Hall–Kier alpha value is -1.80. The summed E-state index contributed by atoms with van der Waals surface area (Å²) in [6.07, 6.45) is 1.19. The number of rotatable bonds is 3. The molecule has 1 atom stereocenters. The van der Waals surface area contributed by atoms with Crippen molar-refractivity contribution in [3.63, 3.8) is 0 Å². The summed E-state index contributed by atoms with van der Waals surface area (Å²) in [7, 11) is 0. The molecule has 1 fully saturated rings. The molecule has 4 heterocycles. The standard InChI is InChI=1S/C17H20F2N4OS/c18-17(19)3-6-22(7-4-17)16(24)15-11-21(9-13-2-8-25-12-13)10-14-1-5-20-23(14)15/h1-2,5,8,12,15H,3-4,6-7,9-11H2/t15-/m0/s1. The lowest BCUT2D eigenvalue weighted by Crippen LogP contribution is -2.50. The predicted molar refractivity (Wildman–Crippen MR) is 90.5 cm³/mol. The molecule has 1 amide bonds. The van der Waals surface area contributed by atoms with Gasteiger partial charge in [0, 0.05) is 51.8 Å². The fourth-order valence-electron chi connectivity index (χ4n) is 3.57. The number of carbonyl (C=O) groups excluding carboxylic acids is 1. The molecule has 8 heteroatoms. The fraction of sp³-hybridized carbons (Fsp3) is 0.529. The monoisotopic (exact) mass is 366 g/mol. The van der Waals surface area contributed by atoms with Gasteiger partial charge in [-0.25, -0.2) is 8.78 Å². The summed E-state index contributed by atoms with van der Waals surface area (Å²) in [5, 5.41) is 8.46. The molecule has 2 aromatic rings. The van der Waals surface area contributed by atoms with Crippen molar-refractivity contribution in [3.8, 4) is 0 Å². The van der Waals surface area contributed by atoms with Crippen molar-refractivity contribution in [2.24, 2.45) is 0 Å². The van der Waals surface area contributed by atoms with Crippen LogP contribution >= 0.6 is 11.3 Å². The van der Waals surface area contributed by atoms with Crippen molar-refractivity contribution in [1.82, 2.24) is 19.6 Å². The van der Waals surface area contributed by atoms with Crippen LogP contribution in [0.15, 0.2) is 29.1 Å². The predicted octanol–water partition coefficient (Wildman–Crippen LogP) is 2.76. The molecule has 25 heavy (non-hydrogen) atoms. The molecule has 4 rings (SSSR count). The molecule has 0 saturated carbocycles. The van der Waals surface area contributed by atoms with Gasteiger partial charge in [-0.2, -0.15) is 16.4 Å². The van der Waals surface area contributed by atoms with Crippen LogP contribution in [0.4, 0.5) is 8.78 Å². The van der Waals surface area contributed by atoms with E-state index in [9.17, 15) is 13.6 Å². The molecule has 0 N–H and O–H groups in total. The average Bonchev–Trinajstić information content (AvgIpc) is 3.25.